The maximum atomic E-state index is 13.2. The fraction of sp³-hybridized carbons (Fsp3) is 0.531. The van der Waals surface area contributed by atoms with Gasteiger partial charge in [-0.05, 0) is 12.1 Å². The van der Waals surface area contributed by atoms with Crippen LogP contribution in [-0.2, 0) is 80.9 Å². The number of benzene rings is 2. The van der Waals surface area contributed by atoms with Crippen LogP contribution >= 0.6 is 35.7 Å². The monoisotopic (exact) mass is 1270 g/mol. The molecule has 426 valence electrons. The zero-order valence-corrected chi connectivity index (χ0v) is 44.8. The Bertz CT molecular complexity index is 2340. The van der Waals surface area contributed by atoms with Crippen molar-refractivity contribution in [2.24, 2.45) is 11.8 Å². The number of nitrogens with zero attached hydrogens (tertiary/aromatic N) is 1. The molecule has 0 bridgehead atoms. The molecule has 2 fully saturated rings. The fourth-order valence-electron chi connectivity index (χ4n) is 8.10. The Labute approximate surface area is 460 Å². The zero-order chi connectivity index (χ0) is 53.2. The minimum absolute atomic E-state index is 0. The molecule has 1 aliphatic carbocycles. The molecule has 4 aliphatic rings. The summed E-state index contributed by atoms with van der Waals surface area (Å²) in [7, 11) is 21.4. The number of imide groups is 1. The number of esters is 7. The van der Waals surface area contributed by atoms with Crippen LogP contribution in [0.2, 0.25) is 0 Å². The summed E-state index contributed by atoms with van der Waals surface area (Å²) < 4.78 is 53.8. The summed E-state index contributed by atoms with van der Waals surface area (Å²) in [6, 6.07) is 10.8. The van der Waals surface area contributed by atoms with Gasteiger partial charge >= 0.3 is 91.3 Å². The molecule has 3 aliphatic heterocycles. The van der Waals surface area contributed by atoms with Crippen LogP contribution in [-0.4, -0.2) is 160 Å². The number of fused-ring (bicyclic) bond motifs is 2. The van der Waals surface area contributed by atoms with Crippen molar-refractivity contribution in [3.05, 3.63) is 70.8 Å². The third-order valence-electron chi connectivity index (χ3n) is 10.5. The quantitative estimate of drug-likeness (QED) is 0.0678. The fourth-order valence-corrected chi connectivity index (χ4v) is 8.10. The number of rotatable bonds is 12. The summed E-state index contributed by atoms with van der Waals surface area (Å²) in [5.74, 6) is -10.0. The molecule has 2 aromatic carbocycles. The Hall–Kier alpha value is -4.95. The van der Waals surface area contributed by atoms with E-state index >= 15 is 0 Å². The third kappa shape index (κ3) is 19.2. The molecule has 2 aromatic rings. The summed E-state index contributed by atoms with van der Waals surface area (Å²) in [5, 5.41) is 0. The molecule has 10 atom stereocenters. The molecular weight excluding hydrogens is 1200 g/mol. The van der Waals surface area contributed by atoms with Gasteiger partial charge in [-0.3, -0.25) is 57.6 Å². The molecule has 2 amide bonds. The van der Waals surface area contributed by atoms with Crippen LogP contribution in [0.3, 0.4) is 0 Å². The van der Waals surface area contributed by atoms with Crippen LogP contribution in [0.4, 0.5) is 0 Å². The number of hydrogen-bond donors (Lipinski definition) is 0. The number of Topliss-reactive ketones (excluding diaryl/α,β-unsaturated/α-hetero) is 2. The first-order valence-electron chi connectivity index (χ1n) is 21.0. The number of hydrogen-bond acceptors (Lipinski definition) is 21. The number of carbonyl (C=O) groups excluding carboxylic acids is 11. The molecule has 27 heteroatoms. The molecule has 3 heterocycles. The van der Waals surface area contributed by atoms with Gasteiger partial charge in [-0.2, -0.15) is 0 Å². The first kappa shape index (κ1) is 73.1. The number of ketones is 2. The van der Waals surface area contributed by atoms with Gasteiger partial charge in [-0.25, -0.2) is 0 Å². The maximum absolute atomic E-state index is 13.2. The predicted octanol–water partition coefficient (Wildman–Crippen LogP) is 7.02. The Morgan fingerprint density at radius 3 is 1.14 bits per heavy atom. The second-order valence-electron chi connectivity index (χ2n) is 15.6. The van der Waals surface area contributed by atoms with E-state index in [0.29, 0.717) is 0 Å². The van der Waals surface area contributed by atoms with E-state index in [2.05, 4.69) is 0 Å². The molecule has 6 rings (SSSR count). The van der Waals surface area contributed by atoms with Crippen LogP contribution in [0.5, 0.6) is 0 Å². The van der Waals surface area contributed by atoms with Crippen LogP contribution in [0.25, 0.3) is 0 Å². The molecule has 0 aromatic heterocycles. The van der Waals surface area contributed by atoms with Crippen molar-refractivity contribution in [3.63, 3.8) is 0 Å². The molecule has 0 N–H and O–H groups in total. The van der Waals surface area contributed by atoms with Gasteiger partial charge in [0.2, 0.25) is 6.29 Å². The van der Waals surface area contributed by atoms with Gasteiger partial charge in [0, 0.05) is 66.7 Å². The first-order valence-corrected chi connectivity index (χ1v) is 35.5. The Morgan fingerprint density at radius 2 is 0.803 bits per heavy atom. The van der Waals surface area contributed by atoms with Gasteiger partial charge in [0.1, 0.15) is 31.5 Å². The normalized spacial score (nSPS) is 24.0. The van der Waals surface area contributed by atoms with E-state index in [1.165, 1.54) is 38.3 Å². The van der Waals surface area contributed by atoms with Crippen molar-refractivity contribution in [1.29, 1.82) is 0 Å². The van der Waals surface area contributed by atoms with Crippen molar-refractivity contribution in [3.8, 4) is 0 Å². The van der Waals surface area contributed by atoms with Gasteiger partial charge < -0.3 is 47.4 Å². The topological polar surface area (TPSA) is 283 Å². The average molecular weight is 1270 g/mol. The van der Waals surface area contributed by atoms with Crippen molar-refractivity contribution >= 4 is 115 Å². The van der Waals surface area contributed by atoms with Crippen molar-refractivity contribution in [2.45, 2.75) is 141 Å². The minimum atomic E-state index is -3.29. The summed E-state index contributed by atoms with van der Waals surface area (Å²) in [6.07, 6.45) is -10.6. The molecule has 2 saturated heterocycles. The first-order chi connectivity index (χ1) is 33.2. The van der Waals surface area contributed by atoms with Crippen LogP contribution in [0, 0.1) is 11.8 Å². The second-order valence-corrected chi connectivity index (χ2v) is 41.1. The molecule has 0 spiro atoms. The second kappa shape index (κ2) is 32.1. The standard InChI is InChI=1S/C22H23NO11.C22H24O10.5CH4.4ClH.Sn/c1-10(24)30-9-16-18(31-11(2)25)19(32-12(3)26)17(22(34-16)33-13(4)27)23-20(28)14-7-5-6-8-15(14)21(23)29;1-10(23)29-9-15-20(30-11(2)24)21(31-12(3)25)17(22(28-4)32-15)16-18(26)13-7-5-6-8-14(13)19(16)27;;;;;;;;;;/h5-8,16-19,22H,9H2,1-4H3;5-8,15-17,20-22H,9H2,1-4H3;5*1H4;4*1H;/q;;;;;;;;;;;+4/p-4. The number of ether oxygens (including phenoxy) is 10. The predicted molar refractivity (Wildman–Crippen MR) is 277 cm³/mol. The van der Waals surface area contributed by atoms with E-state index in [1.54, 1.807) is 24.3 Å². The number of amides is 2. The Morgan fingerprint density at radius 1 is 0.487 bits per heavy atom. The molecular formula is C49H67Cl4NO21Sn. The van der Waals surface area contributed by atoms with Crippen molar-refractivity contribution in [2.75, 3.05) is 20.3 Å². The Balaban J connectivity index is 0. The summed E-state index contributed by atoms with van der Waals surface area (Å²) >= 11 is -3.29. The van der Waals surface area contributed by atoms with E-state index in [1.807, 2.05) is 0 Å². The van der Waals surface area contributed by atoms with E-state index in [-0.39, 0.29) is 66.0 Å². The van der Waals surface area contributed by atoms with E-state index < -0.39 is 153 Å². The number of halogens is 4. The summed E-state index contributed by atoms with van der Waals surface area (Å²) in [5.41, 5.74) is 0.651. The van der Waals surface area contributed by atoms with Gasteiger partial charge in [0.25, 0.3) is 11.8 Å². The third-order valence-corrected chi connectivity index (χ3v) is 10.5. The van der Waals surface area contributed by atoms with E-state index in [9.17, 15) is 52.7 Å². The average Bonchev–Trinajstić information content (AvgIpc) is 3.66. The van der Waals surface area contributed by atoms with E-state index in [0.717, 1.165) is 46.4 Å². The SMILES string of the molecule is C.C.C.C.C.CC(=O)OCC1OC(OC(C)=O)C(N2C(=O)c3ccccc3C2=O)C(OC(C)=O)C1OC(C)=O.COC1OC(COC(C)=O)C(OC(C)=O)C(OC(C)=O)C1C1C(=O)c2ccccc2C1=O.[Cl][Sn]([Cl])([Cl])[Cl]. The van der Waals surface area contributed by atoms with Crippen molar-refractivity contribution < 1.29 is 100 Å². The van der Waals surface area contributed by atoms with Gasteiger partial charge in [0.05, 0.1) is 23.0 Å². The molecule has 22 nitrogen and oxygen atoms in total. The van der Waals surface area contributed by atoms with Crippen LogP contribution in [0.1, 0.15) is 127 Å². The molecule has 0 saturated carbocycles. The Kier molecular flexibility index (Phi) is 30.9. The van der Waals surface area contributed by atoms with Crippen LogP contribution in [0.15, 0.2) is 48.5 Å². The van der Waals surface area contributed by atoms with Gasteiger partial charge in [0.15, 0.2) is 42.3 Å². The molecule has 0 radical (unpaired) electrons. The molecule has 76 heavy (non-hydrogen) atoms. The van der Waals surface area contributed by atoms with Gasteiger partial charge in [-0.1, -0.05) is 73.5 Å². The number of methoxy groups -OCH3 is 1. The van der Waals surface area contributed by atoms with Gasteiger partial charge in [-0.15, -0.1) is 0 Å². The summed E-state index contributed by atoms with van der Waals surface area (Å²) in [6.45, 7) is 7.06. The van der Waals surface area contributed by atoms with Crippen LogP contribution < -0.4 is 0 Å². The number of carbonyl (C=O) groups is 11. The van der Waals surface area contributed by atoms with Crippen molar-refractivity contribution in [1.82, 2.24) is 4.90 Å². The van der Waals surface area contributed by atoms with E-state index in [4.69, 9.17) is 83.1 Å². The summed E-state index contributed by atoms with van der Waals surface area (Å²) in [4.78, 5) is 136. The molecule has 10 unspecified atom stereocenters. The zero-order valence-electron chi connectivity index (χ0n) is 38.9.